The van der Waals surface area contributed by atoms with E-state index in [0.29, 0.717) is 40.8 Å². The largest absolute Gasteiger partial charge is 0.443 e. The van der Waals surface area contributed by atoms with Gasteiger partial charge in [0, 0.05) is 34.8 Å². The number of amides is 1. The van der Waals surface area contributed by atoms with Crippen molar-refractivity contribution in [1.82, 2.24) is 9.97 Å². The van der Waals surface area contributed by atoms with Crippen molar-refractivity contribution in [2.75, 3.05) is 36.1 Å². The van der Waals surface area contributed by atoms with Crippen LogP contribution in [0.2, 0.25) is 0 Å². The molecule has 5 rings (SSSR count). The molecule has 178 valence electrons. The molecule has 11 heteroatoms. The average Bonchev–Trinajstić information content (AvgIpc) is 3.20. The van der Waals surface area contributed by atoms with Gasteiger partial charge in [-0.3, -0.25) is 5.32 Å². The van der Waals surface area contributed by atoms with Crippen LogP contribution in [0.5, 0.6) is 5.88 Å². The fourth-order valence-corrected chi connectivity index (χ4v) is 4.12. The summed E-state index contributed by atoms with van der Waals surface area (Å²) >= 11 is 0. The molecule has 4 heterocycles. The SMILES string of the molecule is Cc1c(-c2cc3cc(NC(=O)O[C@H]4COC[C@H]4C)ncc3c(N)c2F)cnc2c1NC[C@@H](F)O2. The number of nitrogens with two attached hydrogens (primary N) is 1. The number of anilines is 3. The summed E-state index contributed by atoms with van der Waals surface area (Å²) < 4.78 is 44.6. The van der Waals surface area contributed by atoms with Gasteiger partial charge in [0.2, 0.25) is 5.88 Å². The van der Waals surface area contributed by atoms with Gasteiger partial charge in [0.1, 0.15) is 17.6 Å². The summed E-state index contributed by atoms with van der Waals surface area (Å²) in [5, 5.41) is 6.47. The number of alkyl halides is 1. The van der Waals surface area contributed by atoms with Crippen molar-refractivity contribution < 1.29 is 27.8 Å². The number of nitrogens with zero attached hydrogens (tertiary/aromatic N) is 2. The fraction of sp³-hybridized carbons (Fsp3) is 0.348. The molecule has 3 atom stereocenters. The van der Waals surface area contributed by atoms with E-state index < -0.39 is 18.3 Å². The summed E-state index contributed by atoms with van der Waals surface area (Å²) in [7, 11) is 0. The van der Waals surface area contributed by atoms with E-state index in [2.05, 4.69) is 20.6 Å². The summed E-state index contributed by atoms with van der Waals surface area (Å²) in [5.41, 5.74) is 7.81. The highest BCUT2D eigenvalue weighted by Crippen LogP contribution is 2.40. The molecular weight excluding hydrogens is 448 g/mol. The molecule has 1 aromatic carbocycles. The molecule has 2 aliphatic rings. The Balaban J connectivity index is 1.48. The number of nitrogen functional groups attached to an aromatic ring is 1. The molecule has 1 fully saturated rings. The molecule has 0 radical (unpaired) electrons. The lowest BCUT2D eigenvalue weighted by molar-refractivity contribution is 0.0688. The molecule has 0 bridgehead atoms. The molecule has 1 amide bonds. The lowest BCUT2D eigenvalue weighted by atomic mass is 9.97. The number of carbonyl (C=O) groups excluding carboxylic acids is 1. The Labute approximate surface area is 193 Å². The first-order valence-corrected chi connectivity index (χ1v) is 10.8. The van der Waals surface area contributed by atoms with Crippen molar-refractivity contribution in [2.45, 2.75) is 26.3 Å². The van der Waals surface area contributed by atoms with Gasteiger partial charge in [-0.25, -0.2) is 19.2 Å². The number of hydrogen-bond acceptors (Lipinski definition) is 8. The Hall–Kier alpha value is -3.73. The highest BCUT2D eigenvalue weighted by Gasteiger charge is 2.28. The second kappa shape index (κ2) is 8.56. The molecule has 4 N–H and O–H groups in total. The number of carbonyl (C=O) groups is 1. The number of nitrogens with one attached hydrogen (secondary N) is 2. The van der Waals surface area contributed by atoms with Gasteiger partial charge in [0.05, 0.1) is 25.4 Å². The monoisotopic (exact) mass is 471 g/mol. The Bertz CT molecular complexity index is 1290. The van der Waals surface area contributed by atoms with Crippen molar-refractivity contribution in [3.63, 3.8) is 0 Å². The number of fused-ring (bicyclic) bond motifs is 2. The molecule has 2 aliphatic heterocycles. The van der Waals surface area contributed by atoms with E-state index in [1.807, 2.05) is 6.92 Å². The lowest BCUT2D eigenvalue weighted by Gasteiger charge is -2.24. The molecule has 0 saturated carbocycles. The van der Waals surface area contributed by atoms with Crippen LogP contribution in [0.25, 0.3) is 21.9 Å². The van der Waals surface area contributed by atoms with Gasteiger partial charge >= 0.3 is 6.09 Å². The Morgan fingerprint density at radius 3 is 2.85 bits per heavy atom. The predicted octanol–water partition coefficient (Wildman–Crippen LogP) is 4.01. The van der Waals surface area contributed by atoms with Gasteiger partial charge in [-0.05, 0) is 30.0 Å². The third-order valence-electron chi connectivity index (χ3n) is 6.06. The fourth-order valence-electron chi connectivity index (χ4n) is 4.12. The van der Waals surface area contributed by atoms with Crippen LogP contribution in [0.1, 0.15) is 12.5 Å². The van der Waals surface area contributed by atoms with Gasteiger partial charge in [0.25, 0.3) is 6.36 Å². The van der Waals surface area contributed by atoms with Gasteiger partial charge in [-0.2, -0.15) is 4.39 Å². The average molecular weight is 471 g/mol. The van der Waals surface area contributed by atoms with Gasteiger partial charge < -0.3 is 25.3 Å². The van der Waals surface area contributed by atoms with Crippen LogP contribution in [0, 0.1) is 18.7 Å². The maximum atomic E-state index is 15.3. The number of hydrogen-bond donors (Lipinski definition) is 3. The minimum absolute atomic E-state index is 0.0378. The van der Waals surface area contributed by atoms with Crippen LogP contribution in [-0.2, 0) is 9.47 Å². The maximum absolute atomic E-state index is 15.3. The molecular formula is C23H23F2N5O4. The number of rotatable bonds is 3. The minimum atomic E-state index is -1.51. The van der Waals surface area contributed by atoms with Gasteiger partial charge in [-0.15, -0.1) is 0 Å². The van der Waals surface area contributed by atoms with E-state index in [0.717, 1.165) is 0 Å². The van der Waals surface area contributed by atoms with Crippen LogP contribution in [0.4, 0.5) is 30.8 Å². The number of ether oxygens (including phenoxy) is 3. The molecule has 3 aromatic rings. The summed E-state index contributed by atoms with van der Waals surface area (Å²) in [6.45, 7) is 4.54. The normalized spacial score (nSPS) is 21.5. The predicted molar refractivity (Wildman–Crippen MR) is 122 cm³/mol. The smallest absolute Gasteiger partial charge is 0.413 e. The molecule has 0 unspecified atom stereocenters. The Kier molecular flexibility index (Phi) is 5.56. The topological polar surface area (TPSA) is 121 Å². The molecule has 0 aliphatic carbocycles. The molecule has 9 nitrogen and oxygen atoms in total. The van der Waals surface area contributed by atoms with Crippen molar-refractivity contribution in [3.8, 4) is 17.0 Å². The molecule has 1 saturated heterocycles. The standard InChI is InChI=1S/C23H23F2N5O4/c1-10-8-32-9-16(10)33-23(31)30-18-4-12-3-13(19(25)20(26)15(12)6-27-18)14-5-29-22-21(11(14)2)28-7-17(24)34-22/h3-6,10,16-17,28H,7-9,26H2,1-2H3,(H,27,30,31)/t10-,16+,17+/m1/s1. The summed E-state index contributed by atoms with van der Waals surface area (Å²) in [4.78, 5) is 20.6. The van der Waals surface area contributed by atoms with Gasteiger partial charge in [0.15, 0.2) is 5.82 Å². The van der Waals surface area contributed by atoms with E-state index in [-0.39, 0.29) is 41.5 Å². The second-order valence-electron chi connectivity index (χ2n) is 8.41. The van der Waals surface area contributed by atoms with E-state index in [9.17, 15) is 9.18 Å². The number of aromatic nitrogens is 2. The van der Waals surface area contributed by atoms with Crippen molar-refractivity contribution in [3.05, 3.63) is 35.9 Å². The minimum Gasteiger partial charge on any atom is -0.443 e. The third kappa shape index (κ3) is 3.92. The van der Waals surface area contributed by atoms with Crippen molar-refractivity contribution in [2.24, 2.45) is 5.92 Å². The van der Waals surface area contributed by atoms with Crippen molar-refractivity contribution >= 4 is 34.1 Å². The quantitative estimate of drug-likeness (QED) is 0.490. The zero-order valence-corrected chi connectivity index (χ0v) is 18.5. The van der Waals surface area contributed by atoms with Crippen LogP contribution in [-0.4, -0.2) is 48.3 Å². The number of benzene rings is 1. The summed E-state index contributed by atoms with van der Waals surface area (Å²) in [6.07, 6.45) is 0.314. The summed E-state index contributed by atoms with van der Waals surface area (Å²) in [5.74, 6) is -0.185. The van der Waals surface area contributed by atoms with Crippen LogP contribution in [0.3, 0.4) is 0 Å². The third-order valence-corrected chi connectivity index (χ3v) is 6.06. The zero-order chi connectivity index (χ0) is 24.0. The van der Waals surface area contributed by atoms with Crippen LogP contribution >= 0.6 is 0 Å². The van der Waals surface area contributed by atoms with Crippen molar-refractivity contribution in [1.29, 1.82) is 0 Å². The second-order valence-corrected chi connectivity index (χ2v) is 8.41. The number of halogens is 2. The molecule has 0 spiro atoms. The summed E-state index contributed by atoms with van der Waals surface area (Å²) in [6, 6.07) is 3.19. The van der Waals surface area contributed by atoms with Crippen LogP contribution in [0.15, 0.2) is 24.5 Å². The first-order chi connectivity index (χ1) is 16.3. The highest BCUT2D eigenvalue weighted by atomic mass is 19.1. The van der Waals surface area contributed by atoms with Gasteiger partial charge in [-0.1, -0.05) is 6.92 Å². The van der Waals surface area contributed by atoms with E-state index >= 15 is 4.39 Å². The number of pyridine rings is 2. The van der Waals surface area contributed by atoms with E-state index in [4.69, 9.17) is 19.9 Å². The highest BCUT2D eigenvalue weighted by molar-refractivity contribution is 5.99. The molecule has 34 heavy (non-hydrogen) atoms. The Morgan fingerprint density at radius 2 is 2.09 bits per heavy atom. The molecule has 2 aromatic heterocycles. The van der Waals surface area contributed by atoms with E-state index in [1.165, 1.54) is 12.4 Å². The van der Waals surface area contributed by atoms with Crippen LogP contribution < -0.4 is 21.1 Å². The first kappa shape index (κ1) is 22.1. The Morgan fingerprint density at radius 1 is 1.26 bits per heavy atom. The zero-order valence-electron chi connectivity index (χ0n) is 18.5. The first-order valence-electron chi connectivity index (χ1n) is 10.8. The maximum Gasteiger partial charge on any atom is 0.413 e. The van der Waals surface area contributed by atoms with E-state index in [1.54, 1.807) is 19.1 Å². The lowest BCUT2D eigenvalue weighted by Crippen LogP contribution is -2.27.